The number of amides is 1. The molecule has 1 saturated heterocycles. The van der Waals surface area contributed by atoms with Crippen LogP contribution in [0, 0.1) is 5.92 Å². The number of alkyl halides is 3. The van der Waals surface area contributed by atoms with Crippen molar-refractivity contribution in [1.29, 1.82) is 0 Å². The third-order valence-electron chi connectivity index (χ3n) is 5.94. The summed E-state index contributed by atoms with van der Waals surface area (Å²) in [6, 6.07) is 2.33. The van der Waals surface area contributed by atoms with E-state index in [0.29, 0.717) is 29.4 Å². The molecule has 2 atom stereocenters. The van der Waals surface area contributed by atoms with Crippen molar-refractivity contribution >= 4 is 46.3 Å². The first-order valence-corrected chi connectivity index (χ1v) is 12.5. The first kappa shape index (κ1) is 26.9. The largest absolute Gasteiger partial charge is 0.418 e. The number of thiazole rings is 1. The molecule has 1 amide bonds. The number of nitrogens with one attached hydrogen (secondary N) is 1. The maximum atomic E-state index is 13.1. The highest BCUT2D eigenvalue weighted by Gasteiger charge is 2.34. The zero-order valence-electron chi connectivity index (χ0n) is 19.6. The number of nitrogens with two attached hydrogens (primary N) is 1. The number of carbonyl (C=O) groups excluding carboxylic acids is 2. The third kappa shape index (κ3) is 6.40. The van der Waals surface area contributed by atoms with Gasteiger partial charge >= 0.3 is 6.18 Å². The molecule has 4 rings (SSSR count). The fraction of sp³-hybridized carbons (Fsp3) is 0.391. The van der Waals surface area contributed by atoms with Gasteiger partial charge in [0.25, 0.3) is 5.91 Å². The molecule has 3 aromatic rings. The minimum absolute atomic E-state index is 0.101. The van der Waals surface area contributed by atoms with E-state index >= 15 is 0 Å². The van der Waals surface area contributed by atoms with Gasteiger partial charge in [0, 0.05) is 37.7 Å². The SMILES string of the molecule is CC(CC(=O)c1cc(N2CC[C@@H](CN)C2)ncn1)c1ncc(C(=O)Nc2cc(C(F)(F)F)c(Cl)cn2)s1. The molecule has 0 bridgehead atoms. The maximum Gasteiger partial charge on any atom is 0.418 e. The predicted molar refractivity (Wildman–Crippen MR) is 133 cm³/mol. The molecule has 1 fully saturated rings. The Balaban J connectivity index is 1.39. The van der Waals surface area contributed by atoms with Crippen molar-refractivity contribution in [2.24, 2.45) is 11.7 Å². The summed E-state index contributed by atoms with van der Waals surface area (Å²) in [4.78, 5) is 44.1. The first-order valence-electron chi connectivity index (χ1n) is 11.3. The fourth-order valence-corrected chi connectivity index (χ4v) is 4.97. The average molecular weight is 554 g/mol. The van der Waals surface area contributed by atoms with Gasteiger partial charge in [0.05, 0.1) is 21.8 Å². The van der Waals surface area contributed by atoms with Crippen molar-refractivity contribution in [2.45, 2.75) is 31.9 Å². The van der Waals surface area contributed by atoms with Gasteiger partial charge in [-0.3, -0.25) is 9.59 Å². The number of Topliss-reactive ketones (excluding diaryl/α,β-unsaturated/α-hetero) is 1. The van der Waals surface area contributed by atoms with Crippen LogP contribution in [-0.4, -0.2) is 51.3 Å². The molecule has 4 heterocycles. The van der Waals surface area contributed by atoms with Crippen LogP contribution < -0.4 is 16.0 Å². The van der Waals surface area contributed by atoms with Crippen LogP contribution >= 0.6 is 22.9 Å². The molecule has 0 spiro atoms. The lowest BCUT2D eigenvalue weighted by Crippen LogP contribution is -2.24. The summed E-state index contributed by atoms with van der Waals surface area (Å²) < 4.78 is 39.2. The van der Waals surface area contributed by atoms with Crippen LogP contribution in [0.1, 0.15) is 56.4 Å². The van der Waals surface area contributed by atoms with Gasteiger partial charge < -0.3 is 16.0 Å². The number of rotatable bonds is 8. The van der Waals surface area contributed by atoms with E-state index in [1.54, 1.807) is 13.0 Å². The Morgan fingerprint density at radius 3 is 2.73 bits per heavy atom. The average Bonchev–Trinajstić information content (AvgIpc) is 3.55. The fourth-order valence-electron chi connectivity index (χ4n) is 3.90. The second-order valence-electron chi connectivity index (χ2n) is 8.69. The Labute approximate surface area is 219 Å². The van der Waals surface area contributed by atoms with Crippen LogP contribution in [0.5, 0.6) is 0 Å². The molecular weight excluding hydrogens is 531 g/mol. The summed E-state index contributed by atoms with van der Waals surface area (Å²) in [7, 11) is 0. The lowest BCUT2D eigenvalue weighted by molar-refractivity contribution is -0.137. The molecule has 1 unspecified atom stereocenters. The minimum Gasteiger partial charge on any atom is -0.356 e. The molecule has 0 aliphatic carbocycles. The second kappa shape index (κ2) is 11.1. The normalized spacial score (nSPS) is 16.6. The van der Waals surface area contributed by atoms with Crippen molar-refractivity contribution in [2.75, 3.05) is 29.9 Å². The number of aromatic nitrogens is 4. The topological polar surface area (TPSA) is 127 Å². The summed E-state index contributed by atoms with van der Waals surface area (Å²) in [5.74, 6) is -0.414. The lowest BCUT2D eigenvalue weighted by Gasteiger charge is -2.17. The second-order valence-corrected chi connectivity index (χ2v) is 10.2. The van der Waals surface area contributed by atoms with E-state index in [9.17, 15) is 22.8 Å². The van der Waals surface area contributed by atoms with Gasteiger partial charge in [-0.05, 0) is 24.9 Å². The molecule has 1 aliphatic rings. The van der Waals surface area contributed by atoms with Crippen LogP contribution in [0.3, 0.4) is 0 Å². The summed E-state index contributed by atoms with van der Waals surface area (Å²) in [6.07, 6.45) is -0.122. The van der Waals surface area contributed by atoms with Crippen molar-refractivity contribution in [3.63, 3.8) is 0 Å². The van der Waals surface area contributed by atoms with Gasteiger partial charge in [0.2, 0.25) is 0 Å². The Kier molecular flexibility index (Phi) is 8.05. The summed E-state index contributed by atoms with van der Waals surface area (Å²) >= 11 is 6.61. The quantitative estimate of drug-likeness (QED) is 0.393. The van der Waals surface area contributed by atoms with Gasteiger partial charge in [-0.15, -0.1) is 11.3 Å². The van der Waals surface area contributed by atoms with Crippen LogP contribution in [-0.2, 0) is 6.18 Å². The lowest BCUT2D eigenvalue weighted by atomic mass is 10.0. The monoisotopic (exact) mass is 553 g/mol. The number of pyridine rings is 1. The number of halogens is 4. The summed E-state index contributed by atoms with van der Waals surface area (Å²) in [5.41, 5.74) is 4.94. The number of nitrogens with zero attached hydrogens (tertiary/aromatic N) is 5. The molecular formula is C23H23ClF3N7O2S. The highest BCUT2D eigenvalue weighted by Crippen LogP contribution is 2.35. The number of hydrogen-bond donors (Lipinski definition) is 2. The standard InChI is InChI=1S/C23H23ClF3N7O2S/c1-12(4-17(35)16-6-20(32-11-31-16)34-3-2-13(7-28)10-34)22-30-9-18(37-22)21(36)33-19-5-14(23(25,26)27)15(24)8-29-19/h5-6,8-9,11-13H,2-4,7,10,28H2,1H3,(H,29,33,36)/t12?,13-/m0/s1. The summed E-state index contributed by atoms with van der Waals surface area (Å²) in [6.45, 7) is 3.99. The van der Waals surface area contributed by atoms with Crippen LogP contribution in [0.4, 0.5) is 24.8 Å². The predicted octanol–water partition coefficient (Wildman–Crippen LogP) is 4.41. The first-order chi connectivity index (χ1) is 17.5. The van der Waals surface area contributed by atoms with Crippen molar-refractivity contribution in [3.05, 3.63) is 57.0 Å². The van der Waals surface area contributed by atoms with Gasteiger partial charge in [0.15, 0.2) is 5.78 Å². The molecule has 196 valence electrons. The Morgan fingerprint density at radius 2 is 2.03 bits per heavy atom. The van der Waals surface area contributed by atoms with Crippen molar-refractivity contribution in [3.8, 4) is 0 Å². The van der Waals surface area contributed by atoms with Gasteiger partial charge in [-0.2, -0.15) is 13.2 Å². The van der Waals surface area contributed by atoms with E-state index in [0.717, 1.165) is 37.0 Å². The molecule has 1 aliphatic heterocycles. The molecule has 14 heteroatoms. The Hall–Kier alpha value is -3.16. The summed E-state index contributed by atoms with van der Waals surface area (Å²) in [5, 5.41) is 2.28. The molecule has 0 radical (unpaired) electrons. The number of hydrogen-bond acceptors (Lipinski definition) is 9. The smallest absolute Gasteiger partial charge is 0.356 e. The molecule has 0 aromatic carbocycles. The Bertz CT molecular complexity index is 1300. The van der Waals surface area contributed by atoms with Crippen LogP contribution in [0.25, 0.3) is 0 Å². The molecule has 37 heavy (non-hydrogen) atoms. The highest BCUT2D eigenvalue weighted by atomic mass is 35.5. The van der Waals surface area contributed by atoms with E-state index in [1.807, 2.05) is 0 Å². The van der Waals surface area contributed by atoms with E-state index in [2.05, 4.69) is 30.2 Å². The number of carbonyl (C=O) groups is 2. The molecule has 0 saturated carbocycles. The maximum absolute atomic E-state index is 13.1. The van der Waals surface area contributed by atoms with Crippen LogP contribution in [0.2, 0.25) is 5.02 Å². The van der Waals surface area contributed by atoms with E-state index < -0.39 is 22.7 Å². The minimum atomic E-state index is -4.69. The van der Waals surface area contributed by atoms with Gasteiger partial charge in [0.1, 0.15) is 28.5 Å². The van der Waals surface area contributed by atoms with E-state index in [1.165, 1.54) is 12.5 Å². The zero-order chi connectivity index (χ0) is 26.7. The number of anilines is 2. The zero-order valence-corrected chi connectivity index (χ0v) is 21.2. The van der Waals surface area contributed by atoms with E-state index in [4.69, 9.17) is 17.3 Å². The Morgan fingerprint density at radius 1 is 1.24 bits per heavy atom. The van der Waals surface area contributed by atoms with Gasteiger partial charge in [-0.1, -0.05) is 18.5 Å². The van der Waals surface area contributed by atoms with Gasteiger partial charge in [-0.25, -0.2) is 19.9 Å². The van der Waals surface area contributed by atoms with Crippen LogP contribution in [0.15, 0.2) is 30.9 Å². The van der Waals surface area contributed by atoms with Crippen molar-refractivity contribution < 1.29 is 22.8 Å². The molecule has 3 N–H and O–H groups in total. The molecule has 9 nitrogen and oxygen atoms in total. The number of ketones is 1. The molecule has 3 aromatic heterocycles. The van der Waals surface area contributed by atoms with Crippen molar-refractivity contribution in [1.82, 2.24) is 19.9 Å². The highest BCUT2D eigenvalue weighted by molar-refractivity contribution is 7.13. The van der Waals surface area contributed by atoms with E-state index in [-0.39, 0.29) is 34.5 Å². The third-order valence-corrected chi connectivity index (χ3v) is 7.47.